The van der Waals surface area contributed by atoms with E-state index in [2.05, 4.69) is 24.1 Å². The first kappa shape index (κ1) is 24.4. The number of carbonyl (C=O) groups is 2. The highest BCUT2D eigenvalue weighted by molar-refractivity contribution is 6.31. The van der Waals surface area contributed by atoms with E-state index in [0.29, 0.717) is 25.5 Å². The van der Waals surface area contributed by atoms with Gasteiger partial charge in [-0.1, -0.05) is 11.6 Å². The van der Waals surface area contributed by atoms with Gasteiger partial charge < -0.3 is 29.7 Å². The maximum absolute atomic E-state index is 12.4. The molecule has 2 fully saturated rings. The summed E-state index contributed by atoms with van der Waals surface area (Å²) in [5, 5.41) is 13.2. The van der Waals surface area contributed by atoms with Crippen LogP contribution in [0.2, 0.25) is 5.15 Å². The number of aromatic nitrogens is 1. The molecule has 2 N–H and O–H groups in total. The van der Waals surface area contributed by atoms with E-state index in [-0.39, 0.29) is 40.7 Å². The number of carboxylic acids is 1. The second kappa shape index (κ2) is 9.31. The van der Waals surface area contributed by atoms with Crippen molar-refractivity contribution >= 4 is 29.5 Å². The molecule has 32 heavy (non-hydrogen) atoms. The normalized spacial score (nSPS) is 20.9. The molecule has 3 rings (SSSR count). The van der Waals surface area contributed by atoms with Crippen LogP contribution in [0, 0.1) is 0 Å². The first-order chi connectivity index (χ1) is 14.9. The molecule has 9 nitrogen and oxygen atoms in total. The highest BCUT2D eigenvalue weighted by Crippen LogP contribution is 2.37. The number of ether oxygens (including phenoxy) is 2. The molecule has 2 saturated heterocycles. The first-order valence-corrected chi connectivity index (χ1v) is 11.3. The Bertz CT molecular complexity index is 871. The van der Waals surface area contributed by atoms with E-state index >= 15 is 0 Å². The number of nitrogens with zero attached hydrogens (tertiary/aromatic N) is 3. The Kier molecular flexibility index (Phi) is 7.09. The zero-order chi connectivity index (χ0) is 23.7. The van der Waals surface area contributed by atoms with Crippen LogP contribution in [0.3, 0.4) is 0 Å². The van der Waals surface area contributed by atoms with Crippen LogP contribution in [0.25, 0.3) is 0 Å². The molecule has 0 saturated carbocycles. The summed E-state index contributed by atoms with van der Waals surface area (Å²) in [6.45, 7) is 12.1. The van der Waals surface area contributed by atoms with Gasteiger partial charge in [-0.15, -0.1) is 0 Å². The number of carboxylic acid groups (broad SMARTS) is 1. The number of anilines is 1. The Balaban J connectivity index is 1.70. The average molecular weight is 469 g/mol. The lowest BCUT2D eigenvalue weighted by Gasteiger charge is -2.35. The number of piperazine rings is 1. The molecule has 0 bridgehead atoms. The van der Waals surface area contributed by atoms with Gasteiger partial charge in [0.25, 0.3) is 0 Å². The second-order valence-electron chi connectivity index (χ2n) is 9.91. The van der Waals surface area contributed by atoms with Crippen LogP contribution in [-0.2, 0) is 4.74 Å². The van der Waals surface area contributed by atoms with E-state index in [1.807, 2.05) is 25.7 Å². The molecule has 1 amide bonds. The van der Waals surface area contributed by atoms with Crippen LogP contribution in [0.1, 0.15) is 57.8 Å². The van der Waals surface area contributed by atoms with Crippen molar-refractivity contribution in [1.82, 2.24) is 15.2 Å². The summed E-state index contributed by atoms with van der Waals surface area (Å²) in [7, 11) is 0. The Morgan fingerprint density at radius 3 is 2.66 bits per heavy atom. The van der Waals surface area contributed by atoms with Crippen LogP contribution in [0.4, 0.5) is 10.6 Å². The monoisotopic (exact) mass is 468 g/mol. The number of nitrogens with one attached hydrogen (secondary N) is 1. The van der Waals surface area contributed by atoms with Gasteiger partial charge in [-0.3, -0.25) is 0 Å². The molecule has 1 unspecified atom stereocenters. The average Bonchev–Trinajstić information content (AvgIpc) is 3.04. The predicted octanol–water partition coefficient (Wildman–Crippen LogP) is 3.40. The zero-order valence-electron chi connectivity index (χ0n) is 19.4. The largest absolute Gasteiger partial charge is 0.489 e. The first-order valence-electron chi connectivity index (χ1n) is 10.9. The Morgan fingerprint density at radius 1 is 1.34 bits per heavy atom. The van der Waals surface area contributed by atoms with E-state index < -0.39 is 11.6 Å². The molecular weight excluding hydrogens is 436 g/mol. The highest BCUT2D eigenvalue weighted by Gasteiger charge is 2.36. The molecule has 178 valence electrons. The molecule has 0 aliphatic carbocycles. The van der Waals surface area contributed by atoms with Gasteiger partial charge in [-0.25, -0.2) is 14.6 Å². The van der Waals surface area contributed by atoms with Crippen molar-refractivity contribution in [3.63, 3.8) is 0 Å². The summed E-state index contributed by atoms with van der Waals surface area (Å²) >= 11 is 6.39. The standard InChI is InChI=1S/C22H33ClN4O5/c1-21(2,3)32-20(30)26-10-8-24-14(12-26)13-31-16-11-15(19(28)29)18(25-17(16)23)27-9-6-7-22(27,4)5/h11,14,24H,6-10,12-13H2,1-5H3,(H,28,29). The van der Waals surface area contributed by atoms with Gasteiger partial charge in [-0.05, 0) is 47.5 Å². The molecule has 2 aliphatic heterocycles. The van der Waals surface area contributed by atoms with Crippen molar-refractivity contribution in [3.8, 4) is 5.75 Å². The number of amides is 1. The predicted molar refractivity (Wildman–Crippen MR) is 122 cm³/mol. The van der Waals surface area contributed by atoms with Crippen LogP contribution < -0.4 is 15.0 Å². The SMILES string of the molecule is CC(C)(C)OC(=O)N1CCNC(COc2cc(C(=O)O)c(N3CCCC3(C)C)nc2Cl)C1. The fourth-order valence-electron chi connectivity index (χ4n) is 4.05. The van der Waals surface area contributed by atoms with Gasteiger partial charge in [0, 0.05) is 37.8 Å². The minimum absolute atomic E-state index is 0.0614. The van der Waals surface area contributed by atoms with Crippen molar-refractivity contribution in [1.29, 1.82) is 0 Å². The second-order valence-corrected chi connectivity index (χ2v) is 10.3. The topological polar surface area (TPSA) is 104 Å². The highest BCUT2D eigenvalue weighted by atomic mass is 35.5. The molecule has 0 spiro atoms. The fourth-order valence-corrected chi connectivity index (χ4v) is 4.24. The fraction of sp³-hybridized carbons (Fsp3) is 0.682. The summed E-state index contributed by atoms with van der Waals surface area (Å²) in [4.78, 5) is 32.3. The van der Waals surface area contributed by atoms with Crippen molar-refractivity contribution in [2.24, 2.45) is 0 Å². The van der Waals surface area contributed by atoms with Gasteiger partial charge in [0.2, 0.25) is 0 Å². The van der Waals surface area contributed by atoms with Gasteiger partial charge in [0.05, 0.1) is 6.04 Å². The molecule has 10 heteroatoms. The van der Waals surface area contributed by atoms with Crippen molar-refractivity contribution in [2.45, 2.75) is 64.6 Å². The minimum Gasteiger partial charge on any atom is -0.489 e. The van der Waals surface area contributed by atoms with Gasteiger partial charge in [0.15, 0.2) is 10.9 Å². The van der Waals surface area contributed by atoms with Gasteiger partial charge in [-0.2, -0.15) is 0 Å². The number of carbonyl (C=O) groups excluding carboxylic acids is 1. The Hall–Kier alpha value is -2.26. The van der Waals surface area contributed by atoms with E-state index in [4.69, 9.17) is 21.1 Å². The van der Waals surface area contributed by atoms with Crippen LogP contribution in [0.15, 0.2) is 6.07 Å². The summed E-state index contributed by atoms with van der Waals surface area (Å²) in [5.74, 6) is -0.506. The van der Waals surface area contributed by atoms with Crippen LogP contribution in [-0.4, -0.2) is 77.0 Å². The lowest BCUT2D eigenvalue weighted by Crippen LogP contribution is -2.55. The summed E-state index contributed by atoms with van der Waals surface area (Å²) in [6.07, 6.45) is 1.55. The molecular formula is C22H33ClN4O5. The lowest BCUT2D eigenvalue weighted by molar-refractivity contribution is 0.0178. The minimum atomic E-state index is -1.08. The molecule has 1 aromatic heterocycles. The van der Waals surface area contributed by atoms with Crippen molar-refractivity contribution in [3.05, 3.63) is 16.8 Å². The molecule has 0 radical (unpaired) electrons. The molecule has 1 atom stereocenters. The third-order valence-corrected chi connectivity index (χ3v) is 5.93. The number of hydrogen-bond acceptors (Lipinski definition) is 7. The summed E-state index contributed by atoms with van der Waals surface area (Å²) in [5.41, 5.74) is -0.696. The Labute approximate surface area is 194 Å². The van der Waals surface area contributed by atoms with Crippen molar-refractivity contribution < 1.29 is 24.2 Å². The van der Waals surface area contributed by atoms with Crippen LogP contribution in [0.5, 0.6) is 5.75 Å². The number of rotatable bonds is 5. The molecule has 2 aliphatic rings. The van der Waals surface area contributed by atoms with E-state index in [1.54, 1.807) is 4.90 Å². The van der Waals surface area contributed by atoms with Gasteiger partial charge >= 0.3 is 12.1 Å². The lowest BCUT2D eigenvalue weighted by atomic mass is 10.0. The molecule has 1 aromatic rings. The maximum Gasteiger partial charge on any atom is 0.410 e. The molecule has 0 aromatic carbocycles. The number of pyridine rings is 1. The number of aromatic carboxylic acids is 1. The van der Waals surface area contributed by atoms with Gasteiger partial charge in [0.1, 0.15) is 23.6 Å². The number of halogens is 1. The summed E-state index contributed by atoms with van der Waals surface area (Å²) in [6, 6.07) is 1.29. The summed E-state index contributed by atoms with van der Waals surface area (Å²) < 4.78 is 11.3. The zero-order valence-corrected chi connectivity index (χ0v) is 20.2. The van der Waals surface area contributed by atoms with Crippen LogP contribution >= 0.6 is 11.6 Å². The van der Waals surface area contributed by atoms with E-state index in [9.17, 15) is 14.7 Å². The maximum atomic E-state index is 12.4. The van der Waals surface area contributed by atoms with E-state index in [1.165, 1.54) is 6.07 Å². The quantitative estimate of drug-likeness (QED) is 0.633. The third-order valence-electron chi connectivity index (χ3n) is 5.66. The number of hydrogen-bond donors (Lipinski definition) is 2. The molecule has 3 heterocycles. The van der Waals surface area contributed by atoms with E-state index in [0.717, 1.165) is 19.4 Å². The van der Waals surface area contributed by atoms with Crippen molar-refractivity contribution in [2.75, 3.05) is 37.7 Å². The smallest absolute Gasteiger partial charge is 0.410 e. The third kappa shape index (κ3) is 5.75. The Morgan fingerprint density at radius 2 is 2.06 bits per heavy atom.